The van der Waals surface area contributed by atoms with Crippen molar-refractivity contribution in [3.05, 3.63) is 39.8 Å². The van der Waals surface area contributed by atoms with Crippen LogP contribution in [-0.4, -0.2) is 50.6 Å². The summed E-state index contributed by atoms with van der Waals surface area (Å²) in [5.74, 6) is -0.859. The first-order valence-corrected chi connectivity index (χ1v) is 11.3. The van der Waals surface area contributed by atoms with Gasteiger partial charge in [-0.1, -0.05) is 29.8 Å². The van der Waals surface area contributed by atoms with Gasteiger partial charge in [-0.3, -0.25) is 19.3 Å². The van der Waals surface area contributed by atoms with Gasteiger partial charge in [0.15, 0.2) is 0 Å². The second kappa shape index (κ2) is 8.14. The van der Waals surface area contributed by atoms with Crippen LogP contribution in [0.2, 0.25) is 5.02 Å². The van der Waals surface area contributed by atoms with Gasteiger partial charge in [0.2, 0.25) is 5.91 Å². The number of halogens is 1. The number of nitrogens with one attached hydrogen (secondary N) is 1. The van der Waals surface area contributed by atoms with Gasteiger partial charge in [-0.2, -0.15) is 0 Å². The van der Waals surface area contributed by atoms with E-state index < -0.39 is 27.4 Å². The molecule has 3 amide bonds. The predicted molar refractivity (Wildman–Crippen MR) is 104 cm³/mol. The molecule has 7 nitrogen and oxygen atoms in total. The molecule has 2 aliphatic heterocycles. The Kier molecular flexibility index (Phi) is 6.05. The first kappa shape index (κ1) is 20.1. The molecule has 1 N–H and O–H groups in total. The maximum atomic E-state index is 12.4. The van der Waals surface area contributed by atoms with Gasteiger partial charge >= 0.3 is 0 Å². The van der Waals surface area contributed by atoms with E-state index in [1.54, 1.807) is 30.3 Å². The van der Waals surface area contributed by atoms with E-state index in [9.17, 15) is 23.1 Å². The summed E-state index contributed by atoms with van der Waals surface area (Å²) >= 11 is 6.87. The summed E-state index contributed by atoms with van der Waals surface area (Å²) in [4.78, 5) is 37.8. The number of nitrogens with zero attached hydrogens (tertiary/aromatic N) is 1. The second-order valence-electron chi connectivity index (χ2n) is 6.27. The van der Waals surface area contributed by atoms with E-state index >= 15 is 0 Å². The molecule has 1 aromatic rings. The molecule has 2 unspecified atom stereocenters. The normalized spacial score (nSPS) is 26.8. The van der Waals surface area contributed by atoms with Crippen LogP contribution in [0.1, 0.15) is 18.4 Å². The molecule has 1 aromatic carbocycles. The predicted octanol–water partition coefficient (Wildman–Crippen LogP) is 2.28. The molecule has 27 heavy (non-hydrogen) atoms. The van der Waals surface area contributed by atoms with Gasteiger partial charge in [-0.15, -0.1) is 4.21 Å². The average Bonchev–Trinajstić information content (AvgIpc) is 3.07. The summed E-state index contributed by atoms with van der Waals surface area (Å²) < 4.78 is 22.8. The minimum absolute atomic E-state index is 0.0597. The molecule has 2 saturated heterocycles. The van der Waals surface area contributed by atoms with Gasteiger partial charge in [-0.05, 0) is 29.5 Å². The monoisotopic (exact) mass is 428 g/mol. The SMILES string of the molecule is O=C(CCN1C(=O)S/C(=C/c2ccccc2Cl)C1=O)NC1CC[S+](=O)([O-])C1. The third-order valence-electron chi connectivity index (χ3n) is 4.23. The van der Waals surface area contributed by atoms with Gasteiger partial charge in [0, 0.05) is 34.6 Å². The van der Waals surface area contributed by atoms with Gasteiger partial charge in [-0.25, -0.2) is 0 Å². The van der Waals surface area contributed by atoms with Crippen molar-refractivity contribution in [2.24, 2.45) is 0 Å². The molecule has 2 heterocycles. The van der Waals surface area contributed by atoms with Gasteiger partial charge < -0.3 is 9.87 Å². The minimum Gasteiger partial charge on any atom is -0.615 e. The maximum Gasteiger partial charge on any atom is 0.293 e. The second-order valence-corrected chi connectivity index (χ2v) is 9.90. The zero-order valence-electron chi connectivity index (χ0n) is 14.2. The average molecular weight is 429 g/mol. The number of amides is 3. The van der Waals surface area contributed by atoms with E-state index in [0.29, 0.717) is 17.0 Å². The number of hydrogen-bond acceptors (Lipinski definition) is 6. The van der Waals surface area contributed by atoms with Gasteiger partial charge in [0.25, 0.3) is 11.1 Å². The smallest absolute Gasteiger partial charge is 0.293 e. The summed E-state index contributed by atoms with van der Waals surface area (Å²) in [7, 11) is -3.08. The van der Waals surface area contributed by atoms with Crippen molar-refractivity contribution in [1.29, 1.82) is 0 Å². The van der Waals surface area contributed by atoms with E-state index in [4.69, 9.17) is 11.6 Å². The van der Waals surface area contributed by atoms with Crippen LogP contribution in [0.5, 0.6) is 0 Å². The summed E-state index contributed by atoms with van der Waals surface area (Å²) in [5, 5.41) is 2.66. The van der Waals surface area contributed by atoms with Crippen molar-refractivity contribution in [2.45, 2.75) is 18.9 Å². The molecule has 144 valence electrons. The molecular weight excluding hydrogens is 412 g/mol. The quantitative estimate of drug-likeness (QED) is 0.569. The first-order chi connectivity index (χ1) is 12.7. The standard InChI is InChI=1S/C17H17ClN2O5S2/c18-13-4-2-1-3-11(13)9-14-16(22)20(17(23)26-14)7-5-15(21)19-12-6-8-27(24,25)10-12/h1-4,9,12H,5-8,10H2,(H-,19,21,24,25)/b14-9+. The lowest BCUT2D eigenvalue weighted by Crippen LogP contribution is -2.39. The molecule has 0 saturated carbocycles. The largest absolute Gasteiger partial charge is 0.615 e. The molecule has 2 atom stereocenters. The minimum atomic E-state index is -3.08. The molecule has 0 aromatic heterocycles. The molecule has 3 rings (SSSR count). The molecule has 0 radical (unpaired) electrons. The fraction of sp³-hybridized carbons (Fsp3) is 0.353. The fourth-order valence-corrected chi connectivity index (χ4v) is 5.57. The zero-order valence-corrected chi connectivity index (χ0v) is 16.6. The Morgan fingerprint density at radius 3 is 2.81 bits per heavy atom. The summed E-state index contributed by atoms with van der Waals surface area (Å²) in [6, 6.07) is 6.55. The first-order valence-electron chi connectivity index (χ1n) is 8.25. The van der Waals surface area contributed by atoms with Crippen molar-refractivity contribution >= 4 is 56.7 Å². The van der Waals surface area contributed by atoms with Crippen LogP contribution in [0.3, 0.4) is 0 Å². The lowest BCUT2D eigenvalue weighted by molar-refractivity contribution is -0.124. The van der Waals surface area contributed by atoms with Crippen molar-refractivity contribution in [2.75, 3.05) is 18.1 Å². The third kappa shape index (κ3) is 4.98. The molecule has 0 bridgehead atoms. The van der Waals surface area contributed by atoms with Crippen LogP contribution < -0.4 is 5.32 Å². The number of rotatable bonds is 5. The number of thioether (sulfide) groups is 1. The van der Waals surface area contributed by atoms with Crippen molar-refractivity contribution < 1.29 is 23.1 Å². The van der Waals surface area contributed by atoms with Crippen molar-refractivity contribution in [3.63, 3.8) is 0 Å². The maximum absolute atomic E-state index is 12.4. The van der Waals surface area contributed by atoms with Crippen LogP contribution in [0.15, 0.2) is 29.2 Å². The summed E-state index contributed by atoms with van der Waals surface area (Å²) in [6.07, 6.45) is 1.86. The lowest BCUT2D eigenvalue weighted by Gasteiger charge is -2.14. The summed E-state index contributed by atoms with van der Waals surface area (Å²) in [6.45, 7) is -0.0597. The Morgan fingerprint density at radius 2 is 2.15 bits per heavy atom. The highest BCUT2D eigenvalue weighted by Gasteiger charge is 2.36. The molecule has 10 heteroatoms. The Hall–Kier alpha value is -1.68. The fourth-order valence-electron chi connectivity index (χ4n) is 2.85. The number of carbonyl (C=O) groups is 3. The molecule has 0 aliphatic carbocycles. The topological polar surface area (TPSA) is 107 Å². The van der Waals surface area contributed by atoms with E-state index in [1.807, 2.05) is 0 Å². The Morgan fingerprint density at radius 1 is 1.41 bits per heavy atom. The summed E-state index contributed by atoms with van der Waals surface area (Å²) in [5.41, 5.74) is 0.629. The number of hydrogen-bond donors (Lipinski definition) is 1. The van der Waals surface area contributed by atoms with Gasteiger partial charge in [0.05, 0.1) is 10.9 Å². The Labute approximate surface area is 166 Å². The van der Waals surface area contributed by atoms with Crippen molar-refractivity contribution in [1.82, 2.24) is 10.2 Å². The van der Waals surface area contributed by atoms with Crippen LogP contribution in [0, 0.1) is 0 Å². The lowest BCUT2D eigenvalue weighted by atomic mass is 10.2. The van der Waals surface area contributed by atoms with Crippen LogP contribution in [0.4, 0.5) is 4.79 Å². The Balaban J connectivity index is 1.57. The highest BCUT2D eigenvalue weighted by molar-refractivity contribution is 8.18. The number of imide groups is 1. The molecule has 2 fully saturated rings. The van der Waals surface area contributed by atoms with E-state index in [1.165, 1.54) is 0 Å². The number of sulfone groups is 1. The number of carbonyl (C=O) groups excluding carboxylic acids is 3. The van der Waals surface area contributed by atoms with Crippen LogP contribution >= 0.6 is 23.4 Å². The van der Waals surface area contributed by atoms with Crippen LogP contribution in [-0.2, 0) is 24.0 Å². The van der Waals surface area contributed by atoms with Gasteiger partial charge in [0.1, 0.15) is 11.5 Å². The van der Waals surface area contributed by atoms with Crippen molar-refractivity contribution in [3.8, 4) is 0 Å². The highest BCUT2D eigenvalue weighted by atomic mass is 35.5. The molecule has 0 spiro atoms. The Bertz CT molecular complexity index is 873. The van der Waals surface area contributed by atoms with E-state index in [2.05, 4.69) is 5.32 Å². The molecular formula is C17H17ClN2O5S2. The van der Waals surface area contributed by atoms with E-state index in [-0.39, 0.29) is 35.3 Å². The highest BCUT2D eigenvalue weighted by Crippen LogP contribution is 2.33. The van der Waals surface area contributed by atoms with E-state index in [0.717, 1.165) is 16.7 Å². The molecule has 2 aliphatic rings. The zero-order chi connectivity index (χ0) is 19.6. The third-order valence-corrected chi connectivity index (χ3v) is 7.24. The number of benzene rings is 1. The van der Waals surface area contributed by atoms with Crippen LogP contribution in [0.25, 0.3) is 6.08 Å².